The highest BCUT2D eigenvalue weighted by Crippen LogP contribution is 2.15. The molecular formula is C10H8BrF. The molecule has 0 unspecified atom stereocenters. The number of benzene rings is 2. The van der Waals surface area contributed by atoms with Gasteiger partial charge in [-0.15, -0.1) is 17.0 Å². The normalized spacial score (nSPS) is 9.42. The molecule has 0 bridgehead atoms. The second-order valence-corrected chi connectivity index (χ2v) is 2.46. The molecule has 0 atom stereocenters. The zero-order chi connectivity index (χ0) is 7.68. The first-order valence-corrected chi connectivity index (χ1v) is 3.51. The molecule has 0 aliphatic rings. The van der Waals surface area contributed by atoms with E-state index in [1.165, 1.54) is 6.07 Å². The topological polar surface area (TPSA) is 0 Å². The van der Waals surface area contributed by atoms with Crippen LogP contribution >= 0.6 is 17.0 Å². The maximum Gasteiger partial charge on any atom is 0.131 e. The minimum Gasteiger partial charge on any atom is -0.206 e. The number of halogens is 2. The van der Waals surface area contributed by atoms with Crippen LogP contribution in [0.3, 0.4) is 0 Å². The highest BCUT2D eigenvalue weighted by molar-refractivity contribution is 8.93. The number of rotatable bonds is 0. The van der Waals surface area contributed by atoms with Gasteiger partial charge in [0.15, 0.2) is 0 Å². The van der Waals surface area contributed by atoms with Gasteiger partial charge in [-0.05, 0) is 11.5 Å². The average Bonchev–Trinajstić information content (AvgIpc) is 2.06. The van der Waals surface area contributed by atoms with Gasteiger partial charge in [0.2, 0.25) is 0 Å². The molecule has 0 radical (unpaired) electrons. The van der Waals surface area contributed by atoms with E-state index < -0.39 is 0 Å². The molecule has 0 nitrogen and oxygen atoms in total. The SMILES string of the molecule is Br.Fc1cccc2ccccc12. The van der Waals surface area contributed by atoms with Crippen molar-refractivity contribution < 1.29 is 4.39 Å². The average molecular weight is 227 g/mol. The van der Waals surface area contributed by atoms with E-state index in [4.69, 9.17) is 0 Å². The third-order valence-electron chi connectivity index (χ3n) is 1.74. The second-order valence-electron chi connectivity index (χ2n) is 2.46. The van der Waals surface area contributed by atoms with E-state index in [1.54, 1.807) is 12.1 Å². The van der Waals surface area contributed by atoms with Crippen LogP contribution in [0.1, 0.15) is 0 Å². The maximum absolute atomic E-state index is 13.0. The van der Waals surface area contributed by atoms with Crippen molar-refractivity contribution in [3.63, 3.8) is 0 Å². The van der Waals surface area contributed by atoms with E-state index in [0.29, 0.717) is 5.39 Å². The van der Waals surface area contributed by atoms with Crippen molar-refractivity contribution in [2.45, 2.75) is 0 Å². The molecule has 2 heteroatoms. The zero-order valence-corrected chi connectivity index (χ0v) is 8.04. The van der Waals surface area contributed by atoms with Crippen molar-refractivity contribution in [2.24, 2.45) is 0 Å². The van der Waals surface area contributed by atoms with Gasteiger partial charge in [0.25, 0.3) is 0 Å². The van der Waals surface area contributed by atoms with Gasteiger partial charge in [0.05, 0.1) is 0 Å². The molecule has 62 valence electrons. The van der Waals surface area contributed by atoms with Crippen LogP contribution in [0.25, 0.3) is 10.8 Å². The quantitative estimate of drug-likeness (QED) is 0.645. The third-order valence-corrected chi connectivity index (χ3v) is 1.74. The van der Waals surface area contributed by atoms with Gasteiger partial charge >= 0.3 is 0 Å². The lowest BCUT2D eigenvalue weighted by atomic mass is 10.1. The Kier molecular flexibility index (Phi) is 2.82. The van der Waals surface area contributed by atoms with Crippen LogP contribution in [0.2, 0.25) is 0 Å². The van der Waals surface area contributed by atoms with E-state index in [0.717, 1.165) is 5.39 Å². The molecule has 0 heterocycles. The van der Waals surface area contributed by atoms with E-state index in [1.807, 2.05) is 24.3 Å². The lowest BCUT2D eigenvalue weighted by Gasteiger charge is -1.95. The van der Waals surface area contributed by atoms with Crippen molar-refractivity contribution >= 4 is 27.8 Å². The first-order chi connectivity index (χ1) is 5.38. The minimum absolute atomic E-state index is 0. The molecule has 12 heavy (non-hydrogen) atoms. The van der Waals surface area contributed by atoms with Gasteiger partial charge in [0, 0.05) is 5.39 Å². The van der Waals surface area contributed by atoms with Gasteiger partial charge in [-0.1, -0.05) is 36.4 Å². The van der Waals surface area contributed by atoms with Crippen molar-refractivity contribution in [1.29, 1.82) is 0 Å². The van der Waals surface area contributed by atoms with Crippen LogP contribution in [-0.2, 0) is 0 Å². The van der Waals surface area contributed by atoms with Crippen LogP contribution in [0.5, 0.6) is 0 Å². The maximum atomic E-state index is 13.0. The smallest absolute Gasteiger partial charge is 0.131 e. The highest BCUT2D eigenvalue weighted by Gasteiger charge is 1.95. The second kappa shape index (κ2) is 3.68. The van der Waals surface area contributed by atoms with Crippen LogP contribution in [-0.4, -0.2) is 0 Å². The molecule has 0 spiro atoms. The lowest BCUT2D eigenvalue weighted by Crippen LogP contribution is -1.76. The van der Waals surface area contributed by atoms with Crippen LogP contribution in [0.15, 0.2) is 42.5 Å². The number of hydrogen-bond donors (Lipinski definition) is 0. The summed E-state index contributed by atoms with van der Waals surface area (Å²) in [6, 6.07) is 12.5. The molecule has 0 saturated heterocycles. The third kappa shape index (κ3) is 1.48. The predicted octanol–water partition coefficient (Wildman–Crippen LogP) is 3.56. The molecule has 2 aromatic rings. The Morgan fingerprint density at radius 1 is 0.833 bits per heavy atom. The van der Waals surface area contributed by atoms with Crippen molar-refractivity contribution in [3.05, 3.63) is 48.3 Å². The summed E-state index contributed by atoms with van der Waals surface area (Å²) in [6.45, 7) is 0. The lowest BCUT2D eigenvalue weighted by molar-refractivity contribution is 0.640. The first-order valence-electron chi connectivity index (χ1n) is 3.51. The Morgan fingerprint density at radius 3 is 2.25 bits per heavy atom. The molecule has 0 amide bonds. The molecule has 0 saturated carbocycles. The van der Waals surface area contributed by atoms with Crippen LogP contribution in [0, 0.1) is 5.82 Å². The molecule has 0 fully saturated rings. The van der Waals surface area contributed by atoms with Gasteiger partial charge in [-0.25, -0.2) is 4.39 Å². The zero-order valence-electron chi connectivity index (χ0n) is 6.33. The standard InChI is InChI=1S/C10H7F.BrH/c11-10-7-3-5-8-4-1-2-6-9(8)10;/h1-7H;1H. The van der Waals surface area contributed by atoms with Gasteiger partial charge < -0.3 is 0 Å². The Bertz CT molecular complexity index is 379. The molecular weight excluding hydrogens is 219 g/mol. The molecule has 2 rings (SSSR count). The van der Waals surface area contributed by atoms with Crippen molar-refractivity contribution in [1.82, 2.24) is 0 Å². The van der Waals surface area contributed by atoms with Crippen LogP contribution in [0.4, 0.5) is 4.39 Å². The fourth-order valence-electron chi connectivity index (χ4n) is 1.19. The van der Waals surface area contributed by atoms with Crippen LogP contribution < -0.4 is 0 Å². The predicted molar refractivity (Wildman–Crippen MR) is 54.2 cm³/mol. The number of hydrogen-bond acceptors (Lipinski definition) is 0. The Hall–Kier alpha value is -0.890. The van der Waals surface area contributed by atoms with Crippen molar-refractivity contribution in [3.8, 4) is 0 Å². The van der Waals surface area contributed by atoms with Gasteiger partial charge in [-0.3, -0.25) is 0 Å². The Balaban J connectivity index is 0.000000720. The molecule has 0 aromatic heterocycles. The largest absolute Gasteiger partial charge is 0.206 e. The van der Waals surface area contributed by atoms with E-state index in [-0.39, 0.29) is 22.8 Å². The molecule has 0 N–H and O–H groups in total. The summed E-state index contributed by atoms with van der Waals surface area (Å²) >= 11 is 0. The first kappa shape index (κ1) is 9.20. The summed E-state index contributed by atoms with van der Waals surface area (Å²) in [6.07, 6.45) is 0. The van der Waals surface area contributed by atoms with E-state index in [9.17, 15) is 4.39 Å². The summed E-state index contributed by atoms with van der Waals surface area (Å²) in [5.74, 6) is -0.150. The molecule has 2 aromatic carbocycles. The van der Waals surface area contributed by atoms with E-state index in [2.05, 4.69) is 0 Å². The van der Waals surface area contributed by atoms with Gasteiger partial charge in [0.1, 0.15) is 5.82 Å². The molecule has 0 aliphatic heterocycles. The Labute approximate surface area is 80.8 Å². The summed E-state index contributed by atoms with van der Waals surface area (Å²) in [5, 5.41) is 1.64. The number of fused-ring (bicyclic) bond motifs is 1. The summed E-state index contributed by atoms with van der Waals surface area (Å²) in [4.78, 5) is 0. The summed E-state index contributed by atoms with van der Waals surface area (Å²) in [5.41, 5.74) is 0. The van der Waals surface area contributed by atoms with Gasteiger partial charge in [-0.2, -0.15) is 0 Å². The summed E-state index contributed by atoms with van der Waals surface area (Å²) in [7, 11) is 0. The Morgan fingerprint density at radius 2 is 1.50 bits per heavy atom. The molecule has 0 aliphatic carbocycles. The fraction of sp³-hybridized carbons (Fsp3) is 0. The van der Waals surface area contributed by atoms with E-state index >= 15 is 0 Å². The fourth-order valence-corrected chi connectivity index (χ4v) is 1.19. The monoisotopic (exact) mass is 226 g/mol. The summed E-state index contributed by atoms with van der Waals surface area (Å²) < 4.78 is 13.0. The van der Waals surface area contributed by atoms with Crippen molar-refractivity contribution in [2.75, 3.05) is 0 Å². The minimum atomic E-state index is -0.150. The highest BCUT2D eigenvalue weighted by atomic mass is 79.9.